The average Bonchev–Trinajstić information content (AvgIpc) is 2.62. The number of nitrogens with one attached hydrogen (secondary N) is 1. The fraction of sp³-hybridized carbons (Fsp3) is 0.263. The van der Waals surface area contributed by atoms with Crippen molar-refractivity contribution in [2.45, 2.75) is 26.4 Å². The molecule has 2 rings (SSSR count). The molecule has 138 valence electrons. The zero-order chi connectivity index (χ0) is 19.1. The molecule has 1 N–H and O–H groups in total. The Labute approximate surface area is 156 Å². The molecule has 0 spiro atoms. The molecule has 0 saturated heterocycles. The number of halogens is 2. The van der Waals surface area contributed by atoms with Gasteiger partial charge in [0.05, 0.1) is 17.2 Å². The molecule has 0 aliphatic heterocycles. The van der Waals surface area contributed by atoms with Crippen molar-refractivity contribution in [1.82, 2.24) is 0 Å². The summed E-state index contributed by atoms with van der Waals surface area (Å²) in [6.45, 7) is 3.64. The predicted octanol–water partition coefficient (Wildman–Crippen LogP) is 4.45. The average molecular weight is 380 g/mol. The number of amides is 1. The topological polar surface area (TPSA) is 64.6 Å². The van der Waals surface area contributed by atoms with Crippen molar-refractivity contribution < 1.29 is 23.5 Å². The number of anilines is 1. The molecule has 0 radical (unpaired) electrons. The molecule has 0 bridgehead atoms. The Morgan fingerprint density at radius 2 is 1.92 bits per heavy atom. The molecule has 0 saturated carbocycles. The second-order valence-electron chi connectivity index (χ2n) is 5.35. The molecule has 2 aromatic carbocycles. The van der Waals surface area contributed by atoms with E-state index in [1.54, 1.807) is 26.0 Å². The quantitative estimate of drug-likeness (QED) is 0.722. The van der Waals surface area contributed by atoms with Gasteiger partial charge < -0.3 is 14.8 Å². The molecule has 7 heteroatoms. The van der Waals surface area contributed by atoms with Gasteiger partial charge in [0, 0.05) is 5.69 Å². The van der Waals surface area contributed by atoms with Crippen molar-refractivity contribution in [2.75, 3.05) is 11.9 Å². The van der Waals surface area contributed by atoms with Crippen LogP contribution >= 0.6 is 11.6 Å². The van der Waals surface area contributed by atoms with Crippen LogP contribution in [0.2, 0.25) is 5.02 Å². The summed E-state index contributed by atoms with van der Waals surface area (Å²) in [6.07, 6.45) is -0.563. The van der Waals surface area contributed by atoms with E-state index < -0.39 is 23.8 Å². The molecule has 0 aliphatic rings. The van der Waals surface area contributed by atoms with Gasteiger partial charge in [-0.1, -0.05) is 30.7 Å². The van der Waals surface area contributed by atoms with Gasteiger partial charge in [-0.15, -0.1) is 0 Å². The zero-order valence-corrected chi connectivity index (χ0v) is 15.2. The summed E-state index contributed by atoms with van der Waals surface area (Å²) in [4.78, 5) is 24.3. The highest BCUT2D eigenvalue weighted by atomic mass is 35.5. The summed E-state index contributed by atoms with van der Waals surface area (Å²) in [5, 5.41) is 2.86. The van der Waals surface area contributed by atoms with Crippen molar-refractivity contribution in [1.29, 1.82) is 0 Å². The molecule has 0 fully saturated rings. The molecule has 26 heavy (non-hydrogen) atoms. The van der Waals surface area contributed by atoms with Gasteiger partial charge in [-0.25, -0.2) is 9.18 Å². The largest absolute Gasteiger partial charge is 0.478 e. The van der Waals surface area contributed by atoms with Crippen LogP contribution < -0.4 is 10.1 Å². The van der Waals surface area contributed by atoms with Crippen LogP contribution in [-0.2, 0) is 9.53 Å². The van der Waals surface area contributed by atoms with Gasteiger partial charge in [0.15, 0.2) is 17.7 Å². The summed E-state index contributed by atoms with van der Waals surface area (Å²) < 4.78 is 24.1. The lowest BCUT2D eigenvalue weighted by Crippen LogP contribution is -2.32. The number of carbonyl (C=O) groups is 2. The van der Waals surface area contributed by atoms with Crippen LogP contribution in [0.4, 0.5) is 10.1 Å². The molecular weight excluding hydrogens is 361 g/mol. The van der Waals surface area contributed by atoms with E-state index in [0.29, 0.717) is 12.1 Å². The number of carbonyl (C=O) groups excluding carboxylic acids is 2. The highest BCUT2D eigenvalue weighted by molar-refractivity contribution is 6.33. The van der Waals surface area contributed by atoms with Gasteiger partial charge in [0.1, 0.15) is 0 Å². The number of hydrogen-bond acceptors (Lipinski definition) is 4. The lowest BCUT2D eigenvalue weighted by molar-refractivity contribution is -0.122. The Kier molecular flexibility index (Phi) is 6.97. The lowest BCUT2D eigenvalue weighted by Gasteiger charge is -2.18. The summed E-state index contributed by atoms with van der Waals surface area (Å²) in [5.41, 5.74) is 0.507. The van der Waals surface area contributed by atoms with Gasteiger partial charge in [0.25, 0.3) is 5.91 Å². The first-order valence-electron chi connectivity index (χ1n) is 8.15. The summed E-state index contributed by atoms with van der Waals surface area (Å²) >= 11 is 6.00. The standard InChI is InChI=1S/C19H19ClFNO4/c1-3-16(26-17-8-6-5-7-15(17)21)18(23)22-12-9-10-14(20)13(11-12)19(24)25-4-2/h5-11,16H,3-4H2,1-2H3,(H,22,23). The Hall–Kier alpha value is -2.60. The van der Waals surface area contributed by atoms with Crippen LogP contribution in [0, 0.1) is 5.82 Å². The Bertz CT molecular complexity index is 797. The maximum atomic E-state index is 13.7. The van der Waals surface area contributed by atoms with Crippen LogP contribution in [-0.4, -0.2) is 24.6 Å². The molecule has 0 heterocycles. The van der Waals surface area contributed by atoms with E-state index in [9.17, 15) is 14.0 Å². The summed E-state index contributed by atoms with van der Waals surface area (Å²) in [6, 6.07) is 10.3. The molecule has 1 unspecified atom stereocenters. The van der Waals surface area contributed by atoms with Crippen molar-refractivity contribution in [3.05, 3.63) is 58.9 Å². The van der Waals surface area contributed by atoms with Crippen molar-refractivity contribution in [3.63, 3.8) is 0 Å². The number of ether oxygens (including phenoxy) is 2. The monoisotopic (exact) mass is 379 g/mol. The SMILES string of the molecule is CCOC(=O)c1cc(NC(=O)C(CC)Oc2ccccc2F)ccc1Cl. The number of esters is 1. The number of hydrogen-bond donors (Lipinski definition) is 1. The minimum atomic E-state index is -0.895. The summed E-state index contributed by atoms with van der Waals surface area (Å²) in [5.74, 6) is -1.59. The van der Waals surface area contributed by atoms with Crippen LogP contribution in [0.5, 0.6) is 5.75 Å². The molecule has 5 nitrogen and oxygen atoms in total. The van der Waals surface area contributed by atoms with Gasteiger partial charge in [-0.05, 0) is 43.7 Å². The first kappa shape index (κ1) is 19.7. The van der Waals surface area contributed by atoms with E-state index in [1.165, 1.54) is 30.3 Å². The van der Waals surface area contributed by atoms with E-state index in [4.69, 9.17) is 21.1 Å². The molecule has 0 aliphatic carbocycles. The first-order chi connectivity index (χ1) is 12.5. The van der Waals surface area contributed by atoms with Crippen LogP contribution in [0.3, 0.4) is 0 Å². The van der Waals surface area contributed by atoms with Gasteiger partial charge in [0.2, 0.25) is 0 Å². The van der Waals surface area contributed by atoms with Crippen molar-refractivity contribution in [3.8, 4) is 5.75 Å². The molecule has 1 amide bonds. The van der Waals surface area contributed by atoms with Crippen LogP contribution in [0.1, 0.15) is 30.6 Å². The summed E-state index contributed by atoms with van der Waals surface area (Å²) in [7, 11) is 0. The van der Waals surface area contributed by atoms with Gasteiger partial charge in [-0.3, -0.25) is 4.79 Å². The van der Waals surface area contributed by atoms with E-state index in [-0.39, 0.29) is 22.9 Å². The Morgan fingerprint density at radius 1 is 1.19 bits per heavy atom. The Balaban J connectivity index is 2.13. The molecule has 0 aromatic heterocycles. The maximum Gasteiger partial charge on any atom is 0.339 e. The van der Waals surface area contributed by atoms with E-state index in [0.717, 1.165) is 0 Å². The van der Waals surface area contributed by atoms with E-state index in [2.05, 4.69) is 5.32 Å². The highest BCUT2D eigenvalue weighted by Crippen LogP contribution is 2.23. The molecule has 1 atom stereocenters. The number of benzene rings is 2. The number of para-hydroxylation sites is 1. The number of rotatable bonds is 7. The maximum absolute atomic E-state index is 13.7. The zero-order valence-electron chi connectivity index (χ0n) is 14.4. The Morgan fingerprint density at radius 3 is 2.58 bits per heavy atom. The smallest absolute Gasteiger partial charge is 0.339 e. The minimum Gasteiger partial charge on any atom is -0.478 e. The minimum absolute atomic E-state index is 0.00202. The van der Waals surface area contributed by atoms with Crippen molar-refractivity contribution >= 4 is 29.2 Å². The van der Waals surface area contributed by atoms with Crippen LogP contribution in [0.25, 0.3) is 0 Å². The van der Waals surface area contributed by atoms with Crippen molar-refractivity contribution in [2.24, 2.45) is 0 Å². The lowest BCUT2D eigenvalue weighted by atomic mass is 10.2. The second-order valence-corrected chi connectivity index (χ2v) is 5.76. The third kappa shape index (κ3) is 4.95. The highest BCUT2D eigenvalue weighted by Gasteiger charge is 2.21. The molecular formula is C19H19ClFNO4. The third-order valence-electron chi connectivity index (χ3n) is 3.50. The second kappa shape index (κ2) is 9.20. The predicted molar refractivity (Wildman–Crippen MR) is 97.1 cm³/mol. The van der Waals surface area contributed by atoms with Gasteiger partial charge >= 0.3 is 5.97 Å². The van der Waals surface area contributed by atoms with Gasteiger partial charge in [-0.2, -0.15) is 0 Å². The fourth-order valence-electron chi connectivity index (χ4n) is 2.21. The first-order valence-corrected chi connectivity index (χ1v) is 8.52. The van der Waals surface area contributed by atoms with E-state index in [1.807, 2.05) is 0 Å². The normalized spacial score (nSPS) is 11.5. The molecule has 2 aromatic rings. The fourth-order valence-corrected chi connectivity index (χ4v) is 2.40. The van der Waals surface area contributed by atoms with E-state index >= 15 is 0 Å². The van der Waals surface area contributed by atoms with Crippen LogP contribution in [0.15, 0.2) is 42.5 Å². The third-order valence-corrected chi connectivity index (χ3v) is 3.83.